The molecule has 0 saturated heterocycles. The number of nitrogens with one attached hydrogen (secondary N) is 4. The number of fused-ring (bicyclic) bond motifs is 2. The molecule has 0 heterocycles. The SMILES string of the molecule is CC(=O)NC1=C(C2=CC=CC2)[CH]([Sn]([c]2ccccc2)[c]2ccccc2)c2cccc(NC(C)=O)c21.CC(=O)NC1=C(C2=CC=CC2)[CH]([Sn]([c]2ccccc2)[c]2ccccc2)c2cccc(NC(C)=O)c21.[Hf]. The molecule has 0 saturated carbocycles. The van der Waals surface area contributed by atoms with Crippen molar-refractivity contribution in [1.82, 2.24) is 10.6 Å². The van der Waals surface area contributed by atoms with Gasteiger partial charge in [0.2, 0.25) is 0 Å². The van der Waals surface area contributed by atoms with Gasteiger partial charge in [0.25, 0.3) is 0 Å². The number of benzene rings is 6. The maximum Gasteiger partial charge on any atom is 0 e. The summed E-state index contributed by atoms with van der Waals surface area (Å²) < 4.78 is 5.90. The van der Waals surface area contributed by atoms with Crippen LogP contribution < -0.4 is 35.6 Å². The first-order chi connectivity index (χ1) is 34.1. The maximum atomic E-state index is 12.5. The molecular formula is C60H54HfN4O4Sn2. The van der Waals surface area contributed by atoms with Gasteiger partial charge in [0.15, 0.2) is 0 Å². The minimum absolute atomic E-state index is 0. The van der Waals surface area contributed by atoms with E-state index in [-0.39, 0.29) is 57.3 Å². The molecule has 0 aromatic heterocycles. The van der Waals surface area contributed by atoms with Crippen molar-refractivity contribution in [3.8, 4) is 0 Å². The normalized spacial score (nSPS) is 16.1. The predicted octanol–water partition coefficient (Wildman–Crippen LogP) is 8.65. The number of allylic oxidation sites excluding steroid dienone is 10. The Bertz CT molecular complexity index is 2890. The molecule has 4 amide bonds. The summed E-state index contributed by atoms with van der Waals surface area (Å²) in [6.45, 7) is 6.14. The third-order valence-corrected chi connectivity index (χ3v) is 30.4. The van der Waals surface area contributed by atoms with E-state index in [0.29, 0.717) is 0 Å². The van der Waals surface area contributed by atoms with Crippen molar-refractivity contribution >= 4 is 100 Å². The van der Waals surface area contributed by atoms with Gasteiger partial charge < -0.3 is 0 Å². The zero-order valence-electron chi connectivity index (χ0n) is 40.2. The molecule has 11 heteroatoms. The summed E-state index contributed by atoms with van der Waals surface area (Å²) in [5.41, 5.74) is 12.3. The van der Waals surface area contributed by atoms with Crippen LogP contribution in [0.1, 0.15) is 70.7 Å². The van der Waals surface area contributed by atoms with E-state index in [2.05, 4.69) is 191 Å². The van der Waals surface area contributed by atoms with Crippen LogP contribution in [0.25, 0.3) is 11.4 Å². The second-order valence-corrected chi connectivity index (χ2v) is 32.3. The van der Waals surface area contributed by atoms with E-state index in [1.54, 1.807) is 13.8 Å². The van der Waals surface area contributed by atoms with Crippen LogP contribution in [0.4, 0.5) is 11.4 Å². The zero-order valence-corrected chi connectivity index (χ0v) is 49.5. The van der Waals surface area contributed by atoms with Crippen molar-refractivity contribution in [1.29, 1.82) is 0 Å². The zero-order chi connectivity index (χ0) is 48.7. The van der Waals surface area contributed by atoms with Gasteiger partial charge in [-0.05, 0) is 0 Å². The van der Waals surface area contributed by atoms with E-state index < -0.39 is 39.5 Å². The number of hydrogen-bond donors (Lipinski definition) is 4. The fourth-order valence-corrected chi connectivity index (χ4v) is 29.0. The summed E-state index contributed by atoms with van der Waals surface area (Å²) in [4.78, 5) is 49.2. The van der Waals surface area contributed by atoms with Gasteiger partial charge in [-0.3, -0.25) is 0 Å². The largest absolute Gasteiger partial charge is 0 e. The van der Waals surface area contributed by atoms with Crippen molar-refractivity contribution in [3.05, 3.63) is 239 Å². The Morgan fingerprint density at radius 3 is 0.986 bits per heavy atom. The molecule has 350 valence electrons. The molecule has 2 unspecified atom stereocenters. The molecule has 0 fully saturated rings. The topological polar surface area (TPSA) is 116 Å². The summed E-state index contributed by atoms with van der Waals surface area (Å²) in [7, 11) is 0. The molecule has 2 atom stereocenters. The molecule has 0 bridgehead atoms. The van der Waals surface area contributed by atoms with Gasteiger partial charge >= 0.3 is 428 Å². The van der Waals surface area contributed by atoms with Gasteiger partial charge in [-0.1, -0.05) is 0 Å². The second kappa shape index (κ2) is 23.6. The molecule has 71 heavy (non-hydrogen) atoms. The van der Waals surface area contributed by atoms with Gasteiger partial charge in [-0.2, -0.15) is 0 Å². The molecule has 0 spiro atoms. The molecule has 4 aliphatic rings. The average molecular weight is 1310 g/mol. The second-order valence-electron chi connectivity index (χ2n) is 17.6. The Balaban J connectivity index is 0.000000188. The average Bonchev–Trinajstić information content (AvgIpc) is 4.19. The minimum atomic E-state index is -2.68. The van der Waals surface area contributed by atoms with Crippen molar-refractivity contribution in [2.24, 2.45) is 0 Å². The van der Waals surface area contributed by atoms with Crippen LogP contribution in [-0.2, 0) is 45.0 Å². The molecule has 8 nitrogen and oxygen atoms in total. The summed E-state index contributed by atoms with van der Waals surface area (Å²) in [5, 5.41) is 12.4. The molecule has 0 aliphatic heterocycles. The van der Waals surface area contributed by atoms with E-state index in [4.69, 9.17) is 0 Å². The number of anilines is 2. The standard InChI is InChI=1S/2C18H17N2O2.4C6H5.Hf.2Sn/c2*1-11(21)19-16-9-5-8-14-10-15(13-6-3-4-7-13)18(17(14)16)20-12(2)22;4*1-2-4-6-5-3-1;;;/h2*3-6,8-10H,7H2,1-2H3,(H,19,21)(H,20,22);4*1-5H;;;. The van der Waals surface area contributed by atoms with Crippen LogP contribution in [0, 0.1) is 0 Å². The first kappa shape index (κ1) is 51.5. The Kier molecular flexibility index (Phi) is 17.1. The molecule has 2 radical (unpaired) electrons. The first-order valence-corrected chi connectivity index (χ1v) is 32.6. The van der Waals surface area contributed by atoms with E-state index in [1.165, 1.54) is 61.6 Å². The summed E-state index contributed by atoms with van der Waals surface area (Å²) in [5.74, 6) is -0.481. The molecule has 6 aromatic carbocycles. The fraction of sp³-hybridized carbons (Fsp3) is 0.133. The van der Waals surface area contributed by atoms with Crippen molar-refractivity contribution in [2.75, 3.05) is 10.6 Å². The van der Waals surface area contributed by atoms with E-state index >= 15 is 0 Å². The van der Waals surface area contributed by atoms with Crippen LogP contribution >= 0.6 is 0 Å². The Labute approximate surface area is 449 Å². The van der Waals surface area contributed by atoms with Gasteiger partial charge in [0.1, 0.15) is 0 Å². The molecule has 6 aromatic rings. The van der Waals surface area contributed by atoms with Gasteiger partial charge in [-0.25, -0.2) is 0 Å². The third-order valence-electron chi connectivity index (χ3n) is 12.8. The fourth-order valence-electron chi connectivity index (χ4n) is 10.3. The number of carbonyl (C=O) groups excluding carboxylic acids is 4. The van der Waals surface area contributed by atoms with Gasteiger partial charge in [-0.15, -0.1) is 0 Å². The number of rotatable bonds is 12. The number of carbonyl (C=O) groups is 4. The monoisotopic (exact) mass is 1310 g/mol. The van der Waals surface area contributed by atoms with Crippen molar-refractivity contribution in [3.63, 3.8) is 0 Å². The van der Waals surface area contributed by atoms with Crippen molar-refractivity contribution in [2.45, 2.75) is 48.4 Å². The van der Waals surface area contributed by atoms with Gasteiger partial charge in [0.05, 0.1) is 0 Å². The van der Waals surface area contributed by atoms with Crippen LogP contribution in [-0.4, -0.2) is 63.1 Å². The van der Waals surface area contributed by atoms with Crippen LogP contribution in [0.5, 0.6) is 0 Å². The molecule has 4 N–H and O–H groups in total. The van der Waals surface area contributed by atoms with Crippen LogP contribution in [0.15, 0.2) is 216 Å². The predicted molar refractivity (Wildman–Crippen MR) is 288 cm³/mol. The smallest absolute Gasteiger partial charge is 0 e. The van der Waals surface area contributed by atoms with E-state index in [1.807, 2.05) is 24.3 Å². The quantitative estimate of drug-likeness (QED) is 0.0920. The first-order valence-electron chi connectivity index (χ1n) is 23.6. The molecule has 10 rings (SSSR count). The Hall–Kier alpha value is -5.89. The summed E-state index contributed by atoms with van der Waals surface area (Å²) >= 11 is -5.35. The third kappa shape index (κ3) is 11.3. The minimum Gasteiger partial charge on any atom is 0 e. The number of hydrogen-bond acceptors (Lipinski definition) is 4. The number of amides is 4. The van der Waals surface area contributed by atoms with Crippen LogP contribution in [0.2, 0.25) is 0 Å². The summed E-state index contributed by atoms with van der Waals surface area (Å²) in [6.07, 6.45) is 14.5. The van der Waals surface area contributed by atoms with E-state index in [0.717, 1.165) is 46.7 Å². The molecular weight excluding hydrogens is 1260 g/mol. The van der Waals surface area contributed by atoms with Gasteiger partial charge in [0, 0.05) is 25.8 Å². The maximum absolute atomic E-state index is 12.5. The Morgan fingerprint density at radius 1 is 0.408 bits per heavy atom. The van der Waals surface area contributed by atoms with Crippen molar-refractivity contribution < 1.29 is 45.0 Å². The Morgan fingerprint density at radius 2 is 0.718 bits per heavy atom. The summed E-state index contributed by atoms with van der Waals surface area (Å²) in [6, 6.07) is 55.5. The molecule has 4 aliphatic carbocycles. The van der Waals surface area contributed by atoms with Crippen LogP contribution in [0.3, 0.4) is 0 Å². The van der Waals surface area contributed by atoms with E-state index in [9.17, 15) is 19.2 Å².